The number of unbranched alkanes of at least 4 members (excludes halogenated alkanes) is 2. The third-order valence-electron chi connectivity index (χ3n) is 4.06. The average Bonchev–Trinajstić information content (AvgIpc) is 2.61. The molecule has 0 heterocycles. The van der Waals surface area contributed by atoms with Gasteiger partial charge in [-0.1, -0.05) is 12.1 Å². The minimum atomic E-state index is -4.37. The quantitative estimate of drug-likeness (QED) is 0.421. The first-order valence-corrected chi connectivity index (χ1v) is 11.8. The van der Waals surface area contributed by atoms with Crippen LogP contribution >= 0.6 is 0 Å². The van der Waals surface area contributed by atoms with Crippen molar-refractivity contribution in [2.75, 3.05) is 13.2 Å². The number of hydrogen-bond donors (Lipinski definition) is 2. The normalized spacial score (nSPS) is 12.0. The van der Waals surface area contributed by atoms with Gasteiger partial charge < -0.3 is 9.47 Å². The summed E-state index contributed by atoms with van der Waals surface area (Å²) in [6.07, 6.45) is 1.88. The van der Waals surface area contributed by atoms with Crippen molar-refractivity contribution in [2.45, 2.75) is 42.9 Å². The van der Waals surface area contributed by atoms with Crippen LogP contribution in [0.5, 0.6) is 11.5 Å². The van der Waals surface area contributed by atoms with Crippen molar-refractivity contribution in [1.29, 1.82) is 0 Å². The second-order valence-corrected chi connectivity index (χ2v) is 9.39. The molecule has 0 aromatic heterocycles. The fourth-order valence-electron chi connectivity index (χ4n) is 2.62. The number of aryl methyl sites for hydroxylation is 2. The van der Waals surface area contributed by atoms with Gasteiger partial charge in [0, 0.05) is 0 Å². The second-order valence-electron chi connectivity index (χ2n) is 6.61. The monoisotopic (exact) mass is 444 g/mol. The van der Waals surface area contributed by atoms with Gasteiger partial charge in [0.05, 0.1) is 13.2 Å². The molecule has 0 unspecified atom stereocenters. The second kappa shape index (κ2) is 9.57. The van der Waals surface area contributed by atoms with Crippen LogP contribution in [0.25, 0.3) is 0 Å². The smallest absolute Gasteiger partial charge is 0.298 e. The molecule has 0 bridgehead atoms. The van der Waals surface area contributed by atoms with E-state index >= 15 is 0 Å². The number of hydrogen-bond acceptors (Lipinski definition) is 6. The third-order valence-corrected chi connectivity index (χ3v) is 5.81. The predicted octanol–water partition coefficient (Wildman–Crippen LogP) is 3.42. The van der Waals surface area contributed by atoms with Gasteiger partial charge in [-0.2, -0.15) is 16.8 Å². The summed E-state index contributed by atoms with van der Waals surface area (Å²) in [6.45, 7) is 3.90. The molecule has 10 heteroatoms. The van der Waals surface area contributed by atoms with Crippen molar-refractivity contribution in [2.24, 2.45) is 0 Å². The van der Waals surface area contributed by atoms with E-state index in [1.165, 1.54) is 24.3 Å². The van der Waals surface area contributed by atoms with E-state index in [-0.39, 0.29) is 34.5 Å². The van der Waals surface area contributed by atoms with Gasteiger partial charge >= 0.3 is 0 Å². The lowest BCUT2D eigenvalue weighted by Gasteiger charge is -2.12. The SMILES string of the molecule is Cc1ccc(OCCCCCOc2ccc(C)cc2S(=O)(=O)O)c(S(=O)(=O)O)c1. The highest BCUT2D eigenvalue weighted by molar-refractivity contribution is 7.86. The van der Waals surface area contributed by atoms with Crippen LogP contribution in [0.4, 0.5) is 0 Å². The molecular formula is C19H24O8S2. The highest BCUT2D eigenvalue weighted by atomic mass is 32.2. The summed E-state index contributed by atoms with van der Waals surface area (Å²) in [7, 11) is -8.74. The van der Waals surface area contributed by atoms with Gasteiger partial charge in [-0.05, 0) is 68.5 Å². The van der Waals surface area contributed by atoms with Crippen molar-refractivity contribution >= 4 is 20.2 Å². The highest BCUT2D eigenvalue weighted by Crippen LogP contribution is 2.26. The van der Waals surface area contributed by atoms with Crippen molar-refractivity contribution in [3.05, 3.63) is 47.5 Å². The average molecular weight is 445 g/mol. The summed E-state index contributed by atoms with van der Waals surface area (Å²) < 4.78 is 75.2. The minimum absolute atomic E-state index is 0.0896. The van der Waals surface area contributed by atoms with E-state index in [0.29, 0.717) is 30.4 Å². The zero-order chi connectivity index (χ0) is 21.7. The van der Waals surface area contributed by atoms with Gasteiger partial charge in [0.1, 0.15) is 21.3 Å². The lowest BCUT2D eigenvalue weighted by atomic mass is 10.2. The fourth-order valence-corrected chi connectivity index (χ4v) is 4.05. The topological polar surface area (TPSA) is 127 Å². The molecule has 160 valence electrons. The van der Waals surface area contributed by atoms with Crippen LogP contribution in [-0.4, -0.2) is 39.2 Å². The molecule has 0 fully saturated rings. The Balaban J connectivity index is 1.81. The molecule has 0 saturated carbocycles. The Morgan fingerprint density at radius 2 is 1.07 bits per heavy atom. The van der Waals surface area contributed by atoms with Crippen molar-refractivity contribution in [3.8, 4) is 11.5 Å². The maximum Gasteiger partial charge on any atom is 0.298 e. The first-order chi connectivity index (χ1) is 13.5. The Morgan fingerprint density at radius 1 is 0.690 bits per heavy atom. The lowest BCUT2D eigenvalue weighted by Crippen LogP contribution is -2.07. The Morgan fingerprint density at radius 3 is 1.41 bits per heavy atom. The molecule has 8 nitrogen and oxygen atoms in total. The maximum atomic E-state index is 11.4. The number of benzene rings is 2. The van der Waals surface area contributed by atoms with E-state index in [2.05, 4.69) is 0 Å². The molecule has 0 amide bonds. The summed E-state index contributed by atoms with van der Waals surface area (Å²) in [5.74, 6) is 0.179. The molecule has 2 N–H and O–H groups in total. The first kappa shape index (κ1) is 23.1. The molecule has 0 radical (unpaired) electrons. The van der Waals surface area contributed by atoms with Crippen LogP contribution in [0.1, 0.15) is 30.4 Å². The van der Waals surface area contributed by atoms with Crippen molar-refractivity contribution < 1.29 is 35.4 Å². The minimum Gasteiger partial charge on any atom is -0.492 e. The van der Waals surface area contributed by atoms with Crippen LogP contribution in [-0.2, 0) is 20.2 Å². The molecule has 2 aromatic rings. The van der Waals surface area contributed by atoms with Crippen LogP contribution in [0.15, 0.2) is 46.2 Å². The van der Waals surface area contributed by atoms with E-state index in [0.717, 1.165) is 0 Å². The van der Waals surface area contributed by atoms with Gasteiger partial charge in [0.15, 0.2) is 0 Å². The summed E-state index contributed by atoms with van der Waals surface area (Å²) >= 11 is 0. The lowest BCUT2D eigenvalue weighted by molar-refractivity contribution is 0.272. The van der Waals surface area contributed by atoms with Crippen LogP contribution in [0.2, 0.25) is 0 Å². The Bertz CT molecular complexity index is 974. The first-order valence-electron chi connectivity index (χ1n) is 8.90. The maximum absolute atomic E-state index is 11.4. The van der Waals surface area contributed by atoms with Crippen molar-refractivity contribution in [1.82, 2.24) is 0 Å². The van der Waals surface area contributed by atoms with E-state index in [4.69, 9.17) is 9.47 Å². The fraction of sp³-hybridized carbons (Fsp3) is 0.368. The van der Waals surface area contributed by atoms with Gasteiger partial charge in [-0.25, -0.2) is 0 Å². The molecule has 0 spiro atoms. The van der Waals surface area contributed by atoms with Crippen LogP contribution in [0, 0.1) is 13.8 Å². The Hall–Kier alpha value is -2.14. The largest absolute Gasteiger partial charge is 0.492 e. The summed E-state index contributed by atoms with van der Waals surface area (Å²) in [5.41, 5.74) is 1.37. The Kier molecular flexibility index (Phi) is 7.64. The highest BCUT2D eigenvalue weighted by Gasteiger charge is 2.18. The third kappa shape index (κ3) is 7.00. The molecular weight excluding hydrogens is 420 g/mol. The number of rotatable bonds is 10. The predicted molar refractivity (Wildman–Crippen MR) is 107 cm³/mol. The summed E-state index contributed by atoms with van der Waals surface area (Å²) in [6, 6.07) is 9.05. The van der Waals surface area contributed by atoms with Gasteiger partial charge in [-0.3, -0.25) is 9.11 Å². The van der Waals surface area contributed by atoms with Gasteiger partial charge in [-0.15, -0.1) is 0 Å². The van der Waals surface area contributed by atoms with E-state index in [9.17, 15) is 25.9 Å². The molecule has 0 atom stereocenters. The Labute approximate surface area is 171 Å². The molecule has 0 saturated heterocycles. The molecule has 2 rings (SSSR count). The standard InChI is InChI=1S/C19H24O8S2/c1-14-6-8-16(18(12-14)28(20,21)22)26-10-4-3-5-11-27-17-9-7-15(2)13-19(17)29(23,24)25/h6-9,12-13H,3-5,10-11H2,1-2H3,(H,20,21,22)(H,23,24,25). The zero-order valence-electron chi connectivity index (χ0n) is 16.2. The zero-order valence-corrected chi connectivity index (χ0v) is 17.8. The van der Waals surface area contributed by atoms with Crippen LogP contribution < -0.4 is 9.47 Å². The molecule has 0 aliphatic rings. The van der Waals surface area contributed by atoms with Crippen LogP contribution in [0.3, 0.4) is 0 Å². The van der Waals surface area contributed by atoms with E-state index in [1.807, 2.05) is 0 Å². The van der Waals surface area contributed by atoms with Gasteiger partial charge in [0.25, 0.3) is 20.2 Å². The summed E-state index contributed by atoms with van der Waals surface area (Å²) in [5, 5.41) is 0. The molecule has 0 aliphatic heterocycles. The van der Waals surface area contributed by atoms with E-state index < -0.39 is 20.2 Å². The van der Waals surface area contributed by atoms with E-state index in [1.54, 1.807) is 26.0 Å². The van der Waals surface area contributed by atoms with Crippen molar-refractivity contribution in [3.63, 3.8) is 0 Å². The molecule has 29 heavy (non-hydrogen) atoms. The number of ether oxygens (including phenoxy) is 2. The molecule has 0 aliphatic carbocycles. The molecule has 2 aromatic carbocycles. The van der Waals surface area contributed by atoms with Gasteiger partial charge in [0.2, 0.25) is 0 Å². The summed E-state index contributed by atoms with van der Waals surface area (Å²) in [4.78, 5) is -0.532.